The molecule has 0 aliphatic carbocycles. The number of ether oxygens (including phenoxy) is 1. The molecule has 7 heteroatoms. The fourth-order valence-corrected chi connectivity index (χ4v) is 1.61. The maximum atomic E-state index is 12.5. The number of rotatable bonds is 2. The van der Waals surface area contributed by atoms with Crippen molar-refractivity contribution in [2.75, 3.05) is 0 Å². The molecule has 0 spiro atoms. The highest BCUT2D eigenvalue weighted by Crippen LogP contribution is 2.35. The van der Waals surface area contributed by atoms with E-state index in [-0.39, 0.29) is 11.5 Å². The third-order valence-corrected chi connectivity index (χ3v) is 2.56. The van der Waals surface area contributed by atoms with Crippen LogP contribution in [-0.2, 0) is 12.4 Å². The predicted molar refractivity (Wildman–Crippen MR) is 63.0 cm³/mol. The van der Waals surface area contributed by atoms with Crippen LogP contribution in [0.4, 0.5) is 26.3 Å². The van der Waals surface area contributed by atoms with E-state index in [1.165, 1.54) is 12.1 Å². The van der Waals surface area contributed by atoms with Crippen molar-refractivity contribution in [3.05, 3.63) is 59.7 Å². The summed E-state index contributed by atoms with van der Waals surface area (Å²) in [6.45, 7) is 0. The standard InChI is InChI=1S/C14H8F6O/c15-13(16,17)9-3-1-5-11(7-9)21-12-6-2-4-10(8-12)14(18,19)20/h1-8H. The highest BCUT2D eigenvalue weighted by atomic mass is 19.4. The Morgan fingerprint density at radius 2 is 1.00 bits per heavy atom. The zero-order chi connectivity index (χ0) is 15.7. The summed E-state index contributed by atoms with van der Waals surface area (Å²) in [5.41, 5.74) is -1.88. The van der Waals surface area contributed by atoms with Gasteiger partial charge in [-0.05, 0) is 36.4 Å². The number of hydrogen-bond donors (Lipinski definition) is 0. The SMILES string of the molecule is FC(F)(F)c1cccc(Oc2cccc(C(F)(F)F)c2)c1. The van der Waals surface area contributed by atoms with Gasteiger partial charge in [0.1, 0.15) is 11.5 Å². The summed E-state index contributed by atoms with van der Waals surface area (Å²) < 4.78 is 80.2. The van der Waals surface area contributed by atoms with Crippen LogP contribution in [-0.4, -0.2) is 0 Å². The molecule has 0 amide bonds. The van der Waals surface area contributed by atoms with Gasteiger partial charge < -0.3 is 4.74 Å². The van der Waals surface area contributed by atoms with Crippen LogP contribution in [0.3, 0.4) is 0 Å². The second kappa shape index (κ2) is 5.31. The molecule has 0 aliphatic rings. The Balaban J connectivity index is 2.27. The molecule has 0 saturated carbocycles. The topological polar surface area (TPSA) is 9.23 Å². The highest BCUT2D eigenvalue weighted by molar-refractivity contribution is 5.37. The Hall–Kier alpha value is -2.18. The zero-order valence-electron chi connectivity index (χ0n) is 10.3. The van der Waals surface area contributed by atoms with E-state index in [4.69, 9.17) is 4.74 Å². The van der Waals surface area contributed by atoms with Gasteiger partial charge in [0, 0.05) is 0 Å². The highest BCUT2D eigenvalue weighted by Gasteiger charge is 2.31. The third kappa shape index (κ3) is 3.90. The molecule has 0 saturated heterocycles. The minimum atomic E-state index is -4.55. The van der Waals surface area contributed by atoms with Crippen molar-refractivity contribution in [3.63, 3.8) is 0 Å². The molecule has 112 valence electrons. The van der Waals surface area contributed by atoms with E-state index in [1.807, 2.05) is 0 Å². The molecule has 2 rings (SSSR count). The first-order valence-electron chi connectivity index (χ1n) is 5.68. The lowest BCUT2D eigenvalue weighted by molar-refractivity contribution is -0.138. The molecule has 0 atom stereocenters. The second-order valence-electron chi connectivity index (χ2n) is 4.15. The van der Waals surface area contributed by atoms with Crippen molar-refractivity contribution in [1.29, 1.82) is 0 Å². The third-order valence-electron chi connectivity index (χ3n) is 2.56. The van der Waals surface area contributed by atoms with Crippen LogP contribution in [0.5, 0.6) is 11.5 Å². The van der Waals surface area contributed by atoms with E-state index >= 15 is 0 Å². The molecule has 0 radical (unpaired) electrons. The maximum absolute atomic E-state index is 12.5. The van der Waals surface area contributed by atoms with Crippen molar-refractivity contribution in [1.82, 2.24) is 0 Å². The van der Waals surface area contributed by atoms with Crippen LogP contribution < -0.4 is 4.74 Å². The van der Waals surface area contributed by atoms with Crippen molar-refractivity contribution >= 4 is 0 Å². The summed E-state index contributed by atoms with van der Waals surface area (Å²) >= 11 is 0. The Bertz CT molecular complexity index is 574. The maximum Gasteiger partial charge on any atom is 0.416 e. The number of hydrogen-bond acceptors (Lipinski definition) is 1. The Kier molecular flexibility index (Phi) is 3.85. The largest absolute Gasteiger partial charge is 0.457 e. The second-order valence-corrected chi connectivity index (χ2v) is 4.15. The smallest absolute Gasteiger partial charge is 0.416 e. The van der Waals surface area contributed by atoms with Gasteiger partial charge in [0.15, 0.2) is 0 Å². The average molecular weight is 306 g/mol. The number of halogens is 6. The summed E-state index contributed by atoms with van der Waals surface area (Å²) in [5.74, 6) is -0.381. The summed E-state index contributed by atoms with van der Waals surface area (Å²) in [7, 11) is 0. The van der Waals surface area contributed by atoms with E-state index < -0.39 is 23.5 Å². The van der Waals surface area contributed by atoms with Crippen LogP contribution in [0.15, 0.2) is 48.5 Å². The molecule has 0 aromatic heterocycles. The molecule has 2 aromatic rings. The van der Waals surface area contributed by atoms with Gasteiger partial charge in [0.05, 0.1) is 11.1 Å². The first kappa shape index (κ1) is 15.2. The molecular formula is C14H8F6O. The van der Waals surface area contributed by atoms with E-state index in [9.17, 15) is 26.3 Å². The minimum Gasteiger partial charge on any atom is -0.457 e. The van der Waals surface area contributed by atoms with Crippen LogP contribution in [0.1, 0.15) is 11.1 Å². The molecule has 1 nitrogen and oxygen atoms in total. The Morgan fingerprint density at radius 1 is 0.619 bits per heavy atom. The fraction of sp³-hybridized carbons (Fsp3) is 0.143. The molecule has 2 aromatic carbocycles. The van der Waals surface area contributed by atoms with Crippen LogP contribution in [0.2, 0.25) is 0 Å². The quantitative estimate of drug-likeness (QED) is 0.664. The van der Waals surface area contributed by atoms with Gasteiger partial charge in [-0.25, -0.2) is 0 Å². The summed E-state index contributed by atoms with van der Waals surface area (Å²) in [5, 5.41) is 0. The van der Waals surface area contributed by atoms with Gasteiger partial charge in [-0.1, -0.05) is 12.1 Å². The number of alkyl halides is 6. The van der Waals surface area contributed by atoms with Crippen molar-refractivity contribution in [2.24, 2.45) is 0 Å². The van der Waals surface area contributed by atoms with Crippen molar-refractivity contribution in [2.45, 2.75) is 12.4 Å². The monoisotopic (exact) mass is 306 g/mol. The van der Waals surface area contributed by atoms with Crippen LogP contribution in [0, 0.1) is 0 Å². The zero-order valence-corrected chi connectivity index (χ0v) is 10.3. The van der Waals surface area contributed by atoms with Gasteiger partial charge in [-0.15, -0.1) is 0 Å². The lowest BCUT2D eigenvalue weighted by Gasteiger charge is -2.11. The Labute approximate surface area is 115 Å². The van der Waals surface area contributed by atoms with E-state index in [0.29, 0.717) is 0 Å². The van der Waals surface area contributed by atoms with E-state index in [2.05, 4.69) is 0 Å². The minimum absolute atomic E-state index is 0.191. The first-order chi connectivity index (χ1) is 9.66. The van der Waals surface area contributed by atoms with Crippen molar-refractivity contribution in [3.8, 4) is 11.5 Å². The molecule has 0 heterocycles. The molecule has 0 bridgehead atoms. The molecule has 0 N–H and O–H groups in total. The fourth-order valence-electron chi connectivity index (χ4n) is 1.61. The average Bonchev–Trinajstić information content (AvgIpc) is 2.37. The molecule has 21 heavy (non-hydrogen) atoms. The summed E-state index contributed by atoms with van der Waals surface area (Å²) in [6.07, 6.45) is -9.10. The lowest BCUT2D eigenvalue weighted by atomic mass is 10.2. The lowest BCUT2D eigenvalue weighted by Crippen LogP contribution is -2.05. The summed E-state index contributed by atoms with van der Waals surface area (Å²) in [6, 6.07) is 7.83. The molecular weight excluding hydrogens is 298 g/mol. The first-order valence-corrected chi connectivity index (χ1v) is 5.68. The van der Waals surface area contributed by atoms with Crippen LogP contribution >= 0.6 is 0 Å². The Morgan fingerprint density at radius 3 is 1.33 bits per heavy atom. The van der Waals surface area contributed by atoms with Gasteiger partial charge in [-0.2, -0.15) is 26.3 Å². The number of benzene rings is 2. The van der Waals surface area contributed by atoms with E-state index in [0.717, 1.165) is 36.4 Å². The normalized spacial score (nSPS) is 12.3. The van der Waals surface area contributed by atoms with Gasteiger partial charge in [-0.3, -0.25) is 0 Å². The van der Waals surface area contributed by atoms with Gasteiger partial charge in [0.25, 0.3) is 0 Å². The van der Waals surface area contributed by atoms with Crippen LogP contribution in [0.25, 0.3) is 0 Å². The van der Waals surface area contributed by atoms with E-state index in [1.54, 1.807) is 0 Å². The van der Waals surface area contributed by atoms with Crippen molar-refractivity contribution < 1.29 is 31.1 Å². The molecule has 0 unspecified atom stereocenters. The van der Waals surface area contributed by atoms with Gasteiger partial charge in [0.2, 0.25) is 0 Å². The summed E-state index contributed by atoms with van der Waals surface area (Å²) in [4.78, 5) is 0. The molecule has 0 aliphatic heterocycles. The predicted octanol–water partition coefficient (Wildman–Crippen LogP) is 5.52. The van der Waals surface area contributed by atoms with Gasteiger partial charge >= 0.3 is 12.4 Å². The molecule has 0 fully saturated rings.